The van der Waals surface area contributed by atoms with Gasteiger partial charge >= 0.3 is 6.85 Å². The average molecular weight is 635 g/mol. The van der Waals surface area contributed by atoms with Gasteiger partial charge in [0, 0.05) is 34.9 Å². The minimum Gasteiger partial charge on any atom is -0.376 e. The average Bonchev–Trinajstić information content (AvgIpc) is 3.21. The van der Waals surface area contributed by atoms with Crippen LogP contribution in [0.2, 0.25) is 0 Å². The van der Waals surface area contributed by atoms with Gasteiger partial charge in [-0.05, 0) is 103 Å². The van der Waals surface area contributed by atoms with Gasteiger partial charge in [0.05, 0.1) is 0 Å². The highest BCUT2D eigenvalue weighted by Gasteiger charge is 2.42. The van der Waals surface area contributed by atoms with Crippen LogP contribution in [-0.2, 0) is 0 Å². The van der Waals surface area contributed by atoms with E-state index in [0.29, 0.717) is 0 Å². The number of aromatic nitrogens is 1. The minimum atomic E-state index is 0.0300. The third-order valence-electron chi connectivity index (χ3n) is 10.4. The first-order valence-corrected chi connectivity index (χ1v) is 17.2. The van der Waals surface area contributed by atoms with Crippen LogP contribution < -0.4 is 15.7 Å². The monoisotopic (exact) mass is 634 g/mol. The third-order valence-corrected chi connectivity index (χ3v) is 10.4. The Hall–Kier alpha value is -6.45. The molecule has 0 N–H and O–H groups in total. The van der Waals surface area contributed by atoms with Crippen LogP contribution in [0.3, 0.4) is 0 Å². The highest BCUT2D eigenvalue weighted by Crippen LogP contribution is 2.48. The molecular formula is C47H31BN2. The number of hydrogen-bond donors (Lipinski definition) is 0. The van der Waals surface area contributed by atoms with Crippen molar-refractivity contribution < 1.29 is 0 Å². The van der Waals surface area contributed by atoms with E-state index >= 15 is 0 Å². The molecule has 0 saturated carbocycles. The molecular weight excluding hydrogens is 603 g/mol. The molecule has 0 radical (unpaired) electrons. The van der Waals surface area contributed by atoms with E-state index in [2.05, 4.69) is 186 Å². The second kappa shape index (κ2) is 11.6. The lowest BCUT2D eigenvalue weighted by Crippen LogP contribution is -2.59. The highest BCUT2D eigenvalue weighted by atomic mass is 15.1. The van der Waals surface area contributed by atoms with Crippen LogP contribution in [-0.4, -0.2) is 11.8 Å². The maximum atomic E-state index is 4.19. The molecule has 50 heavy (non-hydrogen) atoms. The van der Waals surface area contributed by atoms with E-state index < -0.39 is 0 Å². The maximum Gasteiger partial charge on any atom is 0.329 e. The fraction of sp³-hybridized carbons (Fsp3) is 0. The van der Waals surface area contributed by atoms with Gasteiger partial charge in [-0.1, -0.05) is 140 Å². The van der Waals surface area contributed by atoms with Crippen molar-refractivity contribution in [2.24, 2.45) is 0 Å². The first-order chi connectivity index (χ1) is 24.8. The van der Waals surface area contributed by atoms with Crippen LogP contribution in [0, 0.1) is 0 Å². The molecule has 0 aliphatic carbocycles. The molecule has 0 fully saturated rings. The number of rotatable bonds is 4. The number of hydrogen-bond acceptors (Lipinski definition) is 2. The van der Waals surface area contributed by atoms with Gasteiger partial charge in [0.1, 0.15) is 0 Å². The zero-order valence-electron chi connectivity index (χ0n) is 27.4. The second-order valence-electron chi connectivity index (χ2n) is 13.2. The molecule has 2 nitrogen and oxygen atoms in total. The molecule has 0 atom stereocenters. The zero-order chi connectivity index (χ0) is 33.0. The summed E-state index contributed by atoms with van der Waals surface area (Å²) in [5.74, 6) is 0. The Bertz CT molecular complexity index is 2530. The van der Waals surface area contributed by atoms with Crippen molar-refractivity contribution in [1.29, 1.82) is 0 Å². The Balaban J connectivity index is 1.18. The van der Waals surface area contributed by atoms with Crippen LogP contribution in [0.4, 0.5) is 11.4 Å². The molecule has 0 unspecified atom stereocenters. The van der Waals surface area contributed by atoms with Crippen molar-refractivity contribution in [1.82, 2.24) is 4.98 Å². The Morgan fingerprint density at radius 3 is 1.38 bits per heavy atom. The lowest BCUT2D eigenvalue weighted by atomic mass is 9.43. The number of benzene rings is 7. The van der Waals surface area contributed by atoms with Gasteiger partial charge in [-0.3, -0.25) is 4.98 Å². The maximum absolute atomic E-state index is 4.19. The molecule has 8 aromatic rings. The molecule has 3 heteroatoms. The van der Waals surface area contributed by atoms with E-state index in [1.165, 1.54) is 89.1 Å². The summed E-state index contributed by atoms with van der Waals surface area (Å²) in [6, 6.07) is 64.6. The molecule has 1 aromatic heterocycles. The van der Waals surface area contributed by atoms with Crippen molar-refractivity contribution >= 4 is 29.1 Å². The normalized spacial score (nSPS) is 12.3. The SMILES string of the molecule is c1ccc(-c2ccc3c(c2)-c2ccccc2B2c4cc(-c5ccc(-c6ccncc6)cc5)ccc4-c4cc(-c5ccccc5)ccc4N23)cc1. The van der Waals surface area contributed by atoms with Gasteiger partial charge in [0.2, 0.25) is 0 Å². The second-order valence-corrected chi connectivity index (χ2v) is 13.2. The van der Waals surface area contributed by atoms with Crippen LogP contribution in [0.5, 0.6) is 0 Å². The van der Waals surface area contributed by atoms with Crippen molar-refractivity contribution in [3.63, 3.8) is 0 Å². The molecule has 2 aliphatic heterocycles. The van der Waals surface area contributed by atoms with Gasteiger partial charge in [-0.15, -0.1) is 0 Å². The van der Waals surface area contributed by atoms with E-state index in [0.717, 1.165) is 0 Å². The minimum absolute atomic E-state index is 0.0300. The van der Waals surface area contributed by atoms with Gasteiger partial charge in [0.15, 0.2) is 0 Å². The molecule has 3 heterocycles. The summed E-state index contributed by atoms with van der Waals surface area (Å²) in [6.45, 7) is 0.0300. The van der Waals surface area contributed by atoms with Crippen LogP contribution in [0.1, 0.15) is 0 Å². The predicted molar refractivity (Wildman–Crippen MR) is 210 cm³/mol. The molecule has 232 valence electrons. The van der Waals surface area contributed by atoms with Gasteiger partial charge in [0.25, 0.3) is 0 Å². The Morgan fingerprint density at radius 1 is 0.320 bits per heavy atom. The van der Waals surface area contributed by atoms with Crippen molar-refractivity contribution in [2.45, 2.75) is 0 Å². The number of fused-ring (bicyclic) bond motifs is 11. The van der Waals surface area contributed by atoms with Crippen molar-refractivity contribution in [3.8, 4) is 66.8 Å². The summed E-state index contributed by atoms with van der Waals surface area (Å²) >= 11 is 0. The summed E-state index contributed by atoms with van der Waals surface area (Å²) in [6.07, 6.45) is 3.70. The van der Waals surface area contributed by atoms with E-state index in [-0.39, 0.29) is 6.85 Å². The smallest absolute Gasteiger partial charge is 0.329 e. The number of pyridine rings is 1. The van der Waals surface area contributed by atoms with Crippen molar-refractivity contribution in [3.05, 3.63) is 188 Å². The molecule has 0 amide bonds. The first kappa shape index (κ1) is 28.6. The highest BCUT2D eigenvalue weighted by molar-refractivity contribution is 6.92. The van der Waals surface area contributed by atoms with Crippen LogP contribution in [0.15, 0.2) is 188 Å². The standard InChI is InChI=1S/C47H31BN2/c1-3-9-32(10-4-1)37-20-23-46-42(29-37)40-13-7-8-14-44(40)48-45-31-39(35-17-15-34(16-18-35)36-25-27-49-28-26-36)19-22-41(45)43-30-38(21-24-47(43)50(46)48)33-11-5-2-6-12-33/h1-31H. The van der Waals surface area contributed by atoms with Crippen LogP contribution >= 0.6 is 0 Å². The fourth-order valence-corrected chi connectivity index (χ4v) is 7.99. The first-order valence-electron chi connectivity index (χ1n) is 17.2. The van der Waals surface area contributed by atoms with Crippen LogP contribution in [0.25, 0.3) is 66.8 Å². The molecule has 2 aliphatic rings. The number of nitrogens with zero attached hydrogens (tertiary/aromatic N) is 2. The van der Waals surface area contributed by atoms with Gasteiger partial charge < -0.3 is 4.81 Å². The quantitative estimate of drug-likeness (QED) is 0.179. The van der Waals surface area contributed by atoms with Gasteiger partial charge in [-0.2, -0.15) is 0 Å². The van der Waals surface area contributed by atoms with Gasteiger partial charge in [-0.25, -0.2) is 0 Å². The topological polar surface area (TPSA) is 16.1 Å². The molecule has 10 rings (SSSR count). The molecule has 0 spiro atoms. The summed E-state index contributed by atoms with van der Waals surface area (Å²) in [5.41, 5.74) is 19.9. The zero-order valence-corrected chi connectivity index (χ0v) is 27.4. The lowest BCUT2D eigenvalue weighted by Gasteiger charge is -2.43. The fourth-order valence-electron chi connectivity index (χ4n) is 7.99. The lowest BCUT2D eigenvalue weighted by molar-refractivity contribution is 1.33. The van der Waals surface area contributed by atoms with E-state index in [4.69, 9.17) is 0 Å². The molecule has 0 bridgehead atoms. The van der Waals surface area contributed by atoms with Crippen molar-refractivity contribution in [2.75, 3.05) is 4.81 Å². The summed E-state index contributed by atoms with van der Waals surface area (Å²) in [4.78, 5) is 6.79. The number of anilines is 2. The summed E-state index contributed by atoms with van der Waals surface area (Å²) < 4.78 is 0. The Kier molecular flexibility index (Phi) is 6.63. The summed E-state index contributed by atoms with van der Waals surface area (Å²) in [7, 11) is 0. The summed E-state index contributed by atoms with van der Waals surface area (Å²) in [5, 5.41) is 0. The largest absolute Gasteiger partial charge is 0.376 e. The van der Waals surface area contributed by atoms with E-state index in [1.807, 2.05) is 12.4 Å². The van der Waals surface area contributed by atoms with E-state index in [9.17, 15) is 0 Å². The third kappa shape index (κ3) is 4.63. The van der Waals surface area contributed by atoms with E-state index in [1.54, 1.807) is 0 Å². The Morgan fingerprint density at radius 2 is 0.760 bits per heavy atom. The predicted octanol–water partition coefficient (Wildman–Crippen LogP) is 10.7. The molecule has 0 saturated heterocycles. The molecule has 7 aromatic carbocycles. The Labute approximate surface area is 293 Å².